The normalized spacial score (nSPS) is 19.1. The number of carbonyl (C=O) groups excluding carboxylic acids is 1. The van der Waals surface area contributed by atoms with Crippen LogP contribution >= 0.6 is 0 Å². The van der Waals surface area contributed by atoms with E-state index in [1.54, 1.807) is 0 Å². The Kier molecular flexibility index (Phi) is 4.16. The van der Waals surface area contributed by atoms with Gasteiger partial charge in [-0.2, -0.15) is 0 Å². The maximum absolute atomic E-state index is 12.9. The number of rotatable bonds is 3. The number of carbonyl (C=O) groups is 1. The summed E-state index contributed by atoms with van der Waals surface area (Å²) in [4.78, 5) is 21.6. The highest BCUT2D eigenvalue weighted by atomic mass is 16.2. The Hall–Kier alpha value is -1.88. The molecule has 1 aliphatic heterocycles. The van der Waals surface area contributed by atoms with Crippen molar-refractivity contribution in [3.05, 3.63) is 35.8 Å². The van der Waals surface area contributed by atoms with Crippen LogP contribution in [0.2, 0.25) is 0 Å². The number of amides is 1. The molecular formula is C17H24N4O. The first-order valence-electron chi connectivity index (χ1n) is 7.95. The van der Waals surface area contributed by atoms with E-state index < -0.39 is 0 Å². The average molecular weight is 300 g/mol. The molecule has 118 valence electrons. The van der Waals surface area contributed by atoms with Crippen LogP contribution < -0.4 is 0 Å². The van der Waals surface area contributed by atoms with Crippen LogP contribution in [0.25, 0.3) is 5.65 Å². The van der Waals surface area contributed by atoms with Gasteiger partial charge in [-0.25, -0.2) is 4.98 Å². The van der Waals surface area contributed by atoms with E-state index in [2.05, 4.69) is 24.0 Å². The van der Waals surface area contributed by atoms with E-state index in [1.807, 2.05) is 40.8 Å². The van der Waals surface area contributed by atoms with Gasteiger partial charge in [0, 0.05) is 31.5 Å². The van der Waals surface area contributed by atoms with E-state index in [0.29, 0.717) is 11.7 Å². The van der Waals surface area contributed by atoms with Crippen LogP contribution in [0.1, 0.15) is 35.3 Å². The largest absolute Gasteiger partial charge is 0.333 e. The lowest BCUT2D eigenvalue weighted by Gasteiger charge is -2.36. The lowest BCUT2D eigenvalue weighted by molar-refractivity contribution is 0.0569. The molecule has 2 aromatic heterocycles. The molecular weight excluding hydrogens is 276 g/mol. The van der Waals surface area contributed by atoms with Gasteiger partial charge in [-0.05, 0) is 58.0 Å². The molecule has 0 aliphatic carbocycles. The predicted octanol–water partition coefficient (Wildman–Crippen LogP) is 2.20. The smallest absolute Gasteiger partial charge is 0.274 e. The van der Waals surface area contributed by atoms with Crippen molar-refractivity contribution in [1.82, 2.24) is 19.2 Å². The Morgan fingerprint density at radius 1 is 1.41 bits per heavy atom. The van der Waals surface area contributed by atoms with Crippen LogP contribution in [0.5, 0.6) is 0 Å². The molecule has 0 N–H and O–H groups in total. The van der Waals surface area contributed by atoms with E-state index in [9.17, 15) is 4.79 Å². The summed E-state index contributed by atoms with van der Waals surface area (Å²) in [5.74, 6) is 0.0629. The standard InChI is InChI=1S/C17H24N4O/c1-13-7-9-20-12-15(18-16(20)10-13)17(22)21-8-5-4-6-14(21)11-19(2)3/h7,9-10,12,14H,4-6,8,11H2,1-3H3/t14-/m0/s1. The molecule has 1 fully saturated rings. The zero-order chi connectivity index (χ0) is 15.7. The highest BCUT2D eigenvalue weighted by Crippen LogP contribution is 2.20. The second-order valence-electron chi connectivity index (χ2n) is 6.51. The quantitative estimate of drug-likeness (QED) is 0.872. The molecule has 22 heavy (non-hydrogen) atoms. The zero-order valence-electron chi connectivity index (χ0n) is 13.6. The fraction of sp³-hybridized carbons (Fsp3) is 0.529. The van der Waals surface area contributed by atoms with Gasteiger partial charge in [0.1, 0.15) is 11.3 Å². The predicted molar refractivity (Wildman–Crippen MR) is 87.2 cm³/mol. The molecule has 0 spiro atoms. The minimum atomic E-state index is 0.0629. The van der Waals surface area contributed by atoms with Crippen molar-refractivity contribution in [3.63, 3.8) is 0 Å². The number of piperidine rings is 1. The summed E-state index contributed by atoms with van der Waals surface area (Å²) in [5, 5.41) is 0. The summed E-state index contributed by atoms with van der Waals surface area (Å²) in [5.41, 5.74) is 2.54. The van der Waals surface area contributed by atoms with Crippen molar-refractivity contribution in [2.75, 3.05) is 27.2 Å². The molecule has 3 rings (SSSR count). The zero-order valence-corrected chi connectivity index (χ0v) is 13.6. The fourth-order valence-electron chi connectivity index (χ4n) is 3.21. The molecule has 0 saturated carbocycles. The summed E-state index contributed by atoms with van der Waals surface area (Å²) in [6.45, 7) is 3.79. The van der Waals surface area contributed by atoms with Crippen LogP contribution in [-0.2, 0) is 0 Å². The van der Waals surface area contributed by atoms with Gasteiger partial charge < -0.3 is 14.2 Å². The number of hydrogen-bond acceptors (Lipinski definition) is 3. The van der Waals surface area contributed by atoms with Gasteiger partial charge in [-0.15, -0.1) is 0 Å². The molecule has 1 amide bonds. The van der Waals surface area contributed by atoms with Gasteiger partial charge in [0.05, 0.1) is 0 Å². The molecule has 1 aliphatic rings. The number of imidazole rings is 1. The summed E-state index contributed by atoms with van der Waals surface area (Å²) < 4.78 is 1.92. The molecule has 1 atom stereocenters. The molecule has 1 saturated heterocycles. The van der Waals surface area contributed by atoms with Crippen LogP contribution in [0.15, 0.2) is 24.5 Å². The van der Waals surface area contributed by atoms with Crippen molar-refractivity contribution in [2.45, 2.75) is 32.2 Å². The molecule has 0 radical (unpaired) electrons. The second kappa shape index (κ2) is 6.08. The van der Waals surface area contributed by atoms with Gasteiger partial charge in [-0.3, -0.25) is 4.79 Å². The van der Waals surface area contributed by atoms with E-state index >= 15 is 0 Å². The van der Waals surface area contributed by atoms with Crippen molar-refractivity contribution in [2.24, 2.45) is 0 Å². The van der Waals surface area contributed by atoms with Gasteiger partial charge in [0.25, 0.3) is 5.91 Å². The van der Waals surface area contributed by atoms with Crippen LogP contribution in [0, 0.1) is 6.92 Å². The Morgan fingerprint density at radius 3 is 3.00 bits per heavy atom. The highest BCUT2D eigenvalue weighted by molar-refractivity contribution is 5.93. The number of pyridine rings is 1. The molecule has 5 nitrogen and oxygen atoms in total. The fourth-order valence-corrected chi connectivity index (χ4v) is 3.21. The molecule has 0 unspecified atom stereocenters. The summed E-state index contributed by atoms with van der Waals surface area (Å²) in [6.07, 6.45) is 7.17. The van der Waals surface area contributed by atoms with E-state index in [4.69, 9.17) is 0 Å². The number of hydrogen-bond donors (Lipinski definition) is 0. The molecule has 0 aromatic carbocycles. The third-order valence-electron chi connectivity index (χ3n) is 4.30. The SMILES string of the molecule is Cc1ccn2cc(C(=O)N3CCCC[C@H]3CN(C)C)nc2c1. The maximum atomic E-state index is 12.9. The minimum absolute atomic E-state index is 0.0629. The first-order chi connectivity index (χ1) is 10.5. The summed E-state index contributed by atoms with van der Waals surface area (Å²) in [6, 6.07) is 4.32. The lowest BCUT2D eigenvalue weighted by Crippen LogP contribution is -2.48. The molecule has 5 heteroatoms. The Morgan fingerprint density at radius 2 is 2.23 bits per heavy atom. The van der Waals surface area contributed by atoms with Gasteiger partial charge in [0.2, 0.25) is 0 Å². The van der Waals surface area contributed by atoms with Crippen molar-refractivity contribution < 1.29 is 4.79 Å². The topological polar surface area (TPSA) is 40.9 Å². The van der Waals surface area contributed by atoms with Crippen LogP contribution in [-0.4, -0.2) is 58.3 Å². The Bertz CT molecular complexity index is 676. The third kappa shape index (κ3) is 2.99. The number of aryl methyl sites for hydroxylation is 1. The van der Waals surface area contributed by atoms with Crippen molar-refractivity contribution in [3.8, 4) is 0 Å². The Balaban J connectivity index is 1.86. The van der Waals surface area contributed by atoms with Gasteiger partial charge in [-0.1, -0.05) is 0 Å². The van der Waals surface area contributed by atoms with Crippen LogP contribution in [0.4, 0.5) is 0 Å². The van der Waals surface area contributed by atoms with E-state index in [1.165, 1.54) is 6.42 Å². The molecule has 3 heterocycles. The first kappa shape index (κ1) is 15.0. The van der Waals surface area contributed by atoms with Crippen molar-refractivity contribution in [1.29, 1.82) is 0 Å². The summed E-state index contributed by atoms with van der Waals surface area (Å²) >= 11 is 0. The monoisotopic (exact) mass is 300 g/mol. The number of nitrogens with zero attached hydrogens (tertiary/aromatic N) is 4. The average Bonchev–Trinajstić information content (AvgIpc) is 2.89. The second-order valence-corrected chi connectivity index (χ2v) is 6.51. The maximum Gasteiger partial charge on any atom is 0.274 e. The highest BCUT2D eigenvalue weighted by Gasteiger charge is 2.29. The Labute approximate surface area is 131 Å². The van der Waals surface area contributed by atoms with Crippen LogP contribution in [0.3, 0.4) is 0 Å². The first-order valence-corrected chi connectivity index (χ1v) is 7.95. The number of aromatic nitrogens is 2. The third-order valence-corrected chi connectivity index (χ3v) is 4.30. The van der Waals surface area contributed by atoms with Gasteiger partial charge >= 0.3 is 0 Å². The van der Waals surface area contributed by atoms with Gasteiger partial charge in [0.15, 0.2) is 0 Å². The molecule has 0 bridgehead atoms. The van der Waals surface area contributed by atoms with E-state index in [0.717, 1.165) is 37.1 Å². The molecule has 2 aromatic rings. The van der Waals surface area contributed by atoms with Crippen molar-refractivity contribution >= 4 is 11.6 Å². The number of likely N-dealkylation sites (N-methyl/N-ethyl adjacent to an activating group) is 1. The minimum Gasteiger partial charge on any atom is -0.333 e. The number of fused-ring (bicyclic) bond motifs is 1. The lowest BCUT2D eigenvalue weighted by atomic mass is 10.0. The summed E-state index contributed by atoms with van der Waals surface area (Å²) in [7, 11) is 4.12. The number of likely N-dealkylation sites (tertiary alicyclic amines) is 1. The van der Waals surface area contributed by atoms with E-state index in [-0.39, 0.29) is 5.91 Å².